The standard InChI is InChI=1S/C23H24N2O4S/c1-18-6-5-9-20(16-18)25-30(27,28)22-12-10-21(11-13-22)29-17-23(26)24-15-14-19-7-3-2-4-8-19/h2-13,16,25H,14-15,17H2,1H3,(H,24,26). The molecule has 0 bridgehead atoms. The largest absolute Gasteiger partial charge is 0.484 e. The molecule has 0 aromatic heterocycles. The quantitative estimate of drug-likeness (QED) is 0.550. The minimum Gasteiger partial charge on any atom is -0.484 e. The number of sulfonamides is 1. The van der Waals surface area contributed by atoms with E-state index >= 15 is 0 Å². The molecule has 30 heavy (non-hydrogen) atoms. The molecule has 7 heteroatoms. The molecule has 3 aromatic rings. The monoisotopic (exact) mass is 424 g/mol. The number of aryl methyl sites for hydroxylation is 1. The van der Waals surface area contributed by atoms with Crippen molar-refractivity contribution in [2.45, 2.75) is 18.2 Å². The lowest BCUT2D eigenvalue weighted by Gasteiger charge is -2.10. The fourth-order valence-corrected chi connectivity index (χ4v) is 3.88. The molecule has 0 saturated carbocycles. The second-order valence-corrected chi connectivity index (χ2v) is 8.50. The summed E-state index contributed by atoms with van der Waals surface area (Å²) in [6, 6.07) is 23.0. The lowest BCUT2D eigenvalue weighted by molar-refractivity contribution is -0.123. The van der Waals surface area contributed by atoms with E-state index in [1.165, 1.54) is 24.3 Å². The minimum absolute atomic E-state index is 0.115. The van der Waals surface area contributed by atoms with Gasteiger partial charge in [0.15, 0.2) is 6.61 Å². The lowest BCUT2D eigenvalue weighted by Crippen LogP contribution is -2.30. The first-order valence-electron chi connectivity index (χ1n) is 9.55. The molecule has 0 heterocycles. The van der Waals surface area contributed by atoms with E-state index in [9.17, 15) is 13.2 Å². The Morgan fingerprint density at radius 3 is 2.37 bits per heavy atom. The Morgan fingerprint density at radius 1 is 0.933 bits per heavy atom. The van der Waals surface area contributed by atoms with E-state index in [2.05, 4.69) is 10.0 Å². The van der Waals surface area contributed by atoms with Crippen LogP contribution >= 0.6 is 0 Å². The smallest absolute Gasteiger partial charge is 0.261 e. The number of carbonyl (C=O) groups is 1. The summed E-state index contributed by atoms with van der Waals surface area (Å²) in [5.74, 6) is 0.187. The number of nitrogens with one attached hydrogen (secondary N) is 2. The van der Waals surface area contributed by atoms with Crippen LogP contribution in [0.5, 0.6) is 5.75 Å². The molecule has 156 valence electrons. The predicted octanol–water partition coefficient (Wildman–Crippen LogP) is 3.53. The number of hydrogen-bond acceptors (Lipinski definition) is 4. The first kappa shape index (κ1) is 21.4. The molecule has 0 saturated heterocycles. The van der Waals surface area contributed by atoms with Crippen LogP contribution in [0.15, 0.2) is 83.8 Å². The second kappa shape index (κ2) is 9.93. The summed E-state index contributed by atoms with van der Waals surface area (Å²) in [6.07, 6.45) is 0.743. The van der Waals surface area contributed by atoms with Gasteiger partial charge in [0, 0.05) is 12.2 Å². The van der Waals surface area contributed by atoms with Crippen LogP contribution in [-0.4, -0.2) is 27.5 Å². The second-order valence-electron chi connectivity index (χ2n) is 6.82. The van der Waals surface area contributed by atoms with E-state index < -0.39 is 10.0 Å². The summed E-state index contributed by atoms with van der Waals surface area (Å²) in [5, 5.41) is 2.80. The first-order valence-corrected chi connectivity index (χ1v) is 11.0. The van der Waals surface area contributed by atoms with E-state index in [1.807, 2.05) is 43.3 Å². The van der Waals surface area contributed by atoms with Crippen LogP contribution in [0.1, 0.15) is 11.1 Å². The van der Waals surface area contributed by atoms with Crippen molar-refractivity contribution in [3.63, 3.8) is 0 Å². The maximum atomic E-state index is 12.5. The van der Waals surface area contributed by atoms with E-state index in [4.69, 9.17) is 4.74 Å². The average molecular weight is 425 g/mol. The molecule has 0 radical (unpaired) electrons. The maximum Gasteiger partial charge on any atom is 0.261 e. The molecular formula is C23H24N2O4S. The fraction of sp³-hybridized carbons (Fsp3) is 0.174. The number of rotatable bonds is 9. The van der Waals surface area contributed by atoms with Gasteiger partial charge in [0.2, 0.25) is 0 Å². The van der Waals surface area contributed by atoms with Crippen molar-refractivity contribution in [1.29, 1.82) is 0 Å². The van der Waals surface area contributed by atoms with Crippen molar-refractivity contribution in [3.05, 3.63) is 90.0 Å². The molecule has 0 aliphatic rings. The summed E-state index contributed by atoms with van der Waals surface area (Å²) in [6.45, 7) is 2.28. The summed E-state index contributed by atoms with van der Waals surface area (Å²) >= 11 is 0. The summed E-state index contributed by atoms with van der Waals surface area (Å²) in [7, 11) is -3.70. The van der Waals surface area contributed by atoms with Crippen molar-refractivity contribution in [2.24, 2.45) is 0 Å². The van der Waals surface area contributed by atoms with E-state index in [1.54, 1.807) is 18.2 Å². The topological polar surface area (TPSA) is 84.5 Å². The Bertz CT molecular complexity index is 1080. The van der Waals surface area contributed by atoms with Crippen LogP contribution in [0.4, 0.5) is 5.69 Å². The zero-order valence-corrected chi connectivity index (χ0v) is 17.5. The summed E-state index contributed by atoms with van der Waals surface area (Å²) < 4.78 is 33.0. The third-order valence-corrected chi connectivity index (χ3v) is 5.75. The van der Waals surface area contributed by atoms with E-state index in [0.717, 1.165) is 17.5 Å². The van der Waals surface area contributed by atoms with Crippen LogP contribution in [0.3, 0.4) is 0 Å². The summed E-state index contributed by atoms with van der Waals surface area (Å²) in [5.41, 5.74) is 2.61. The van der Waals surface area contributed by atoms with Gasteiger partial charge in [-0.15, -0.1) is 0 Å². The Kier molecular flexibility index (Phi) is 7.08. The molecule has 0 atom stereocenters. The van der Waals surface area contributed by atoms with Crippen molar-refractivity contribution < 1.29 is 17.9 Å². The average Bonchev–Trinajstić information content (AvgIpc) is 2.73. The van der Waals surface area contributed by atoms with Gasteiger partial charge < -0.3 is 10.1 Å². The van der Waals surface area contributed by atoms with Crippen molar-refractivity contribution >= 4 is 21.6 Å². The van der Waals surface area contributed by atoms with Crippen LogP contribution in [0.2, 0.25) is 0 Å². The highest BCUT2D eigenvalue weighted by atomic mass is 32.2. The SMILES string of the molecule is Cc1cccc(NS(=O)(=O)c2ccc(OCC(=O)NCCc3ccccc3)cc2)c1. The molecule has 0 fully saturated rings. The van der Waals surface area contributed by atoms with Crippen molar-refractivity contribution in [3.8, 4) is 5.75 Å². The van der Waals surface area contributed by atoms with Crippen LogP contribution in [-0.2, 0) is 21.2 Å². The number of benzene rings is 3. The van der Waals surface area contributed by atoms with Gasteiger partial charge in [-0.2, -0.15) is 0 Å². The number of hydrogen-bond donors (Lipinski definition) is 2. The zero-order chi connectivity index (χ0) is 21.4. The maximum absolute atomic E-state index is 12.5. The molecule has 1 amide bonds. The van der Waals surface area contributed by atoms with E-state index in [-0.39, 0.29) is 17.4 Å². The van der Waals surface area contributed by atoms with Gasteiger partial charge in [-0.1, -0.05) is 42.5 Å². The van der Waals surface area contributed by atoms with Crippen LogP contribution < -0.4 is 14.8 Å². The highest BCUT2D eigenvalue weighted by molar-refractivity contribution is 7.92. The Balaban J connectivity index is 1.48. The van der Waals surface area contributed by atoms with Gasteiger partial charge in [-0.3, -0.25) is 9.52 Å². The molecular weight excluding hydrogens is 400 g/mol. The van der Waals surface area contributed by atoms with E-state index in [0.29, 0.717) is 18.0 Å². The van der Waals surface area contributed by atoms with Crippen molar-refractivity contribution in [2.75, 3.05) is 17.9 Å². The Labute approximate surface area is 177 Å². The lowest BCUT2D eigenvalue weighted by atomic mass is 10.1. The number of ether oxygens (including phenoxy) is 1. The van der Waals surface area contributed by atoms with Gasteiger partial charge in [-0.05, 0) is 60.9 Å². The van der Waals surface area contributed by atoms with Crippen molar-refractivity contribution in [1.82, 2.24) is 5.32 Å². The minimum atomic E-state index is -3.70. The molecule has 3 rings (SSSR count). The number of amides is 1. The van der Waals surface area contributed by atoms with Gasteiger partial charge in [0.05, 0.1) is 4.90 Å². The third kappa shape index (κ3) is 6.35. The zero-order valence-electron chi connectivity index (χ0n) is 16.7. The highest BCUT2D eigenvalue weighted by Crippen LogP contribution is 2.20. The fourth-order valence-electron chi connectivity index (χ4n) is 2.83. The molecule has 3 aromatic carbocycles. The van der Waals surface area contributed by atoms with Gasteiger partial charge in [0.1, 0.15) is 5.75 Å². The molecule has 6 nitrogen and oxygen atoms in total. The van der Waals surface area contributed by atoms with Gasteiger partial charge in [-0.25, -0.2) is 8.42 Å². The third-order valence-electron chi connectivity index (χ3n) is 4.35. The van der Waals surface area contributed by atoms with Crippen LogP contribution in [0, 0.1) is 6.92 Å². The number of anilines is 1. The highest BCUT2D eigenvalue weighted by Gasteiger charge is 2.14. The molecule has 2 N–H and O–H groups in total. The van der Waals surface area contributed by atoms with Crippen LogP contribution in [0.25, 0.3) is 0 Å². The Hall–Kier alpha value is -3.32. The van der Waals surface area contributed by atoms with Gasteiger partial charge in [0.25, 0.3) is 15.9 Å². The Morgan fingerprint density at radius 2 is 1.67 bits per heavy atom. The predicted molar refractivity (Wildman–Crippen MR) is 117 cm³/mol. The number of carbonyl (C=O) groups excluding carboxylic acids is 1. The summed E-state index contributed by atoms with van der Waals surface area (Å²) in [4.78, 5) is 12.0. The first-order chi connectivity index (χ1) is 14.4. The normalized spacial score (nSPS) is 11.0. The molecule has 0 spiro atoms. The van der Waals surface area contributed by atoms with Gasteiger partial charge >= 0.3 is 0 Å². The molecule has 0 unspecified atom stereocenters. The molecule has 0 aliphatic carbocycles. The molecule has 0 aliphatic heterocycles.